The van der Waals surface area contributed by atoms with Gasteiger partial charge >= 0.3 is 0 Å². The number of aromatic nitrogens is 2. The Morgan fingerprint density at radius 3 is 2.44 bits per heavy atom. The van der Waals surface area contributed by atoms with Crippen LogP contribution < -0.4 is 10.1 Å². The fraction of sp³-hybridized carbons (Fsp3) is 0.111. The van der Waals surface area contributed by atoms with Crippen LogP contribution in [0.2, 0.25) is 0 Å². The molecular formula is C18H15F2N3O2. The molecule has 0 spiro atoms. The van der Waals surface area contributed by atoms with Crippen LogP contribution >= 0.6 is 0 Å². The summed E-state index contributed by atoms with van der Waals surface area (Å²) in [6.07, 6.45) is 5.23. The number of carbonyl (C=O) groups excluding carboxylic acids is 1. The van der Waals surface area contributed by atoms with Crippen molar-refractivity contribution in [3.8, 4) is 5.75 Å². The largest absolute Gasteiger partial charge is 0.491 e. The van der Waals surface area contributed by atoms with Gasteiger partial charge in [0.2, 0.25) is 0 Å². The lowest BCUT2D eigenvalue weighted by Crippen LogP contribution is -2.12. The summed E-state index contributed by atoms with van der Waals surface area (Å²) in [4.78, 5) is 16.2. The molecule has 1 N–H and O–H groups in total. The quantitative estimate of drug-likeness (QED) is 0.772. The Hall–Kier alpha value is -3.22. The summed E-state index contributed by atoms with van der Waals surface area (Å²) in [6, 6.07) is 8.93. The second kappa shape index (κ2) is 7.12. The molecule has 5 nitrogen and oxygen atoms in total. The molecule has 1 amide bonds. The molecule has 3 rings (SSSR count). The number of anilines is 1. The zero-order valence-electron chi connectivity index (χ0n) is 13.4. The lowest BCUT2D eigenvalue weighted by atomic mass is 10.1. The van der Waals surface area contributed by atoms with E-state index in [2.05, 4.69) is 15.0 Å². The van der Waals surface area contributed by atoms with Crippen LogP contribution in [0.25, 0.3) is 0 Å². The van der Waals surface area contributed by atoms with Crippen molar-refractivity contribution >= 4 is 11.6 Å². The summed E-state index contributed by atoms with van der Waals surface area (Å²) >= 11 is 0. The van der Waals surface area contributed by atoms with E-state index in [0.717, 1.165) is 17.7 Å². The number of rotatable bonds is 5. The van der Waals surface area contributed by atoms with E-state index in [1.807, 2.05) is 22.9 Å². The Bertz CT molecular complexity index is 855. The van der Waals surface area contributed by atoms with Crippen molar-refractivity contribution < 1.29 is 18.3 Å². The van der Waals surface area contributed by atoms with Crippen LogP contribution in [0.1, 0.15) is 15.9 Å². The SMILES string of the molecule is COc1c(F)cc(NC(=O)c2ccc(Cn3ccnc3)cc2)cc1F. The number of carbonyl (C=O) groups is 1. The molecule has 0 unspecified atom stereocenters. The number of ether oxygens (including phenoxy) is 1. The van der Waals surface area contributed by atoms with Gasteiger partial charge in [-0.25, -0.2) is 13.8 Å². The summed E-state index contributed by atoms with van der Waals surface area (Å²) in [7, 11) is 1.17. The number of hydrogen-bond acceptors (Lipinski definition) is 3. The minimum atomic E-state index is -0.881. The van der Waals surface area contributed by atoms with Crippen molar-refractivity contribution in [1.82, 2.24) is 9.55 Å². The molecule has 1 heterocycles. The first-order valence-corrected chi connectivity index (χ1v) is 7.46. The predicted molar refractivity (Wildman–Crippen MR) is 88.6 cm³/mol. The van der Waals surface area contributed by atoms with Gasteiger partial charge in [-0.1, -0.05) is 12.1 Å². The summed E-state index contributed by atoms with van der Waals surface area (Å²) in [5, 5.41) is 2.47. The van der Waals surface area contributed by atoms with E-state index in [1.165, 1.54) is 7.11 Å². The van der Waals surface area contributed by atoms with Crippen LogP contribution in [0.5, 0.6) is 5.75 Å². The Kier molecular flexibility index (Phi) is 4.74. The lowest BCUT2D eigenvalue weighted by molar-refractivity contribution is 0.102. The molecule has 2 aromatic carbocycles. The number of amides is 1. The summed E-state index contributed by atoms with van der Waals surface area (Å²) in [5.41, 5.74) is 1.39. The maximum atomic E-state index is 13.7. The third-order valence-electron chi connectivity index (χ3n) is 3.60. The molecule has 0 aliphatic rings. The van der Waals surface area contributed by atoms with Gasteiger partial charge in [0, 0.05) is 42.3 Å². The van der Waals surface area contributed by atoms with Crippen LogP contribution in [0.4, 0.5) is 14.5 Å². The van der Waals surface area contributed by atoms with Crippen molar-refractivity contribution in [3.05, 3.63) is 77.9 Å². The first kappa shape index (κ1) is 16.6. The molecule has 0 saturated heterocycles. The van der Waals surface area contributed by atoms with Gasteiger partial charge in [0.25, 0.3) is 5.91 Å². The number of halogens is 2. The van der Waals surface area contributed by atoms with Gasteiger partial charge in [-0.2, -0.15) is 0 Å². The minimum absolute atomic E-state index is 0.0169. The van der Waals surface area contributed by atoms with Crippen LogP contribution in [0, 0.1) is 11.6 Å². The molecule has 0 saturated carbocycles. The molecule has 0 bridgehead atoms. The van der Waals surface area contributed by atoms with Crippen LogP contribution in [0.15, 0.2) is 55.1 Å². The fourth-order valence-electron chi connectivity index (χ4n) is 2.38. The topological polar surface area (TPSA) is 56.1 Å². The number of hydrogen-bond donors (Lipinski definition) is 1. The molecule has 0 aliphatic carbocycles. The van der Waals surface area contributed by atoms with Crippen molar-refractivity contribution in [1.29, 1.82) is 0 Å². The second-order valence-electron chi connectivity index (χ2n) is 5.36. The second-order valence-corrected chi connectivity index (χ2v) is 5.36. The molecule has 25 heavy (non-hydrogen) atoms. The highest BCUT2D eigenvalue weighted by Gasteiger charge is 2.13. The summed E-state index contributed by atoms with van der Waals surface area (Å²) in [5.74, 6) is -2.71. The fourth-order valence-corrected chi connectivity index (χ4v) is 2.38. The number of nitrogens with zero attached hydrogens (tertiary/aromatic N) is 2. The van der Waals surface area contributed by atoms with Crippen molar-refractivity contribution in [3.63, 3.8) is 0 Å². The van der Waals surface area contributed by atoms with E-state index in [9.17, 15) is 13.6 Å². The van der Waals surface area contributed by atoms with E-state index in [0.29, 0.717) is 12.1 Å². The first-order valence-electron chi connectivity index (χ1n) is 7.46. The van der Waals surface area contributed by atoms with Crippen LogP contribution in [0.3, 0.4) is 0 Å². The maximum Gasteiger partial charge on any atom is 0.255 e. The molecule has 7 heteroatoms. The van der Waals surface area contributed by atoms with E-state index in [-0.39, 0.29) is 5.69 Å². The van der Waals surface area contributed by atoms with Gasteiger partial charge in [-0.3, -0.25) is 4.79 Å². The highest BCUT2D eigenvalue weighted by Crippen LogP contribution is 2.25. The number of benzene rings is 2. The zero-order chi connectivity index (χ0) is 17.8. The van der Waals surface area contributed by atoms with Crippen molar-refractivity contribution in [2.45, 2.75) is 6.54 Å². The number of imidazole rings is 1. The van der Waals surface area contributed by atoms with Gasteiger partial charge in [0.05, 0.1) is 13.4 Å². The van der Waals surface area contributed by atoms with Gasteiger partial charge in [-0.05, 0) is 17.7 Å². The van der Waals surface area contributed by atoms with E-state index < -0.39 is 23.3 Å². The summed E-state index contributed by atoms with van der Waals surface area (Å²) in [6.45, 7) is 0.636. The third kappa shape index (κ3) is 3.82. The summed E-state index contributed by atoms with van der Waals surface area (Å²) < 4.78 is 33.9. The molecule has 0 radical (unpaired) electrons. The molecule has 1 aromatic heterocycles. The zero-order valence-corrected chi connectivity index (χ0v) is 13.4. The Morgan fingerprint density at radius 2 is 1.88 bits per heavy atom. The van der Waals surface area contributed by atoms with Crippen molar-refractivity contribution in [2.24, 2.45) is 0 Å². The maximum absolute atomic E-state index is 13.7. The molecule has 0 fully saturated rings. The van der Waals surface area contributed by atoms with Crippen LogP contribution in [-0.4, -0.2) is 22.6 Å². The molecular weight excluding hydrogens is 328 g/mol. The molecule has 0 atom stereocenters. The van der Waals surface area contributed by atoms with Crippen molar-refractivity contribution in [2.75, 3.05) is 12.4 Å². The average molecular weight is 343 g/mol. The highest BCUT2D eigenvalue weighted by molar-refractivity contribution is 6.04. The number of nitrogens with one attached hydrogen (secondary N) is 1. The highest BCUT2D eigenvalue weighted by atomic mass is 19.1. The van der Waals surface area contributed by atoms with Gasteiger partial charge in [0.15, 0.2) is 17.4 Å². The monoisotopic (exact) mass is 343 g/mol. The Labute approximate surface area is 142 Å². The average Bonchev–Trinajstić information content (AvgIpc) is 3.08. The van der Waals surface area contributed by atoms with Gasteiger partial charge in [-0.15, -0.1) is 0 Å². The van der Waals surface area contributed by atoms with Gasteiger partial charge < -0.3 is 14.6 Å². The standard InChI is InChI=1S/C18H15F2N3O2/c1-25-17-15(19)8-14(9-16(17)20)22-18(24)13-4-2-12(3-5-13)10-23-7-6-21-11-23/h2-9,11H,10H2,1H3,(H,22,24). The minimum Gasteiger partial charge on any atom is -0.491 e. The molecule has 128 valence electrons. The van der Waals surface area contributed by atoms with Crippen LogP contribution in [-0.2, 0) is 6.54 Å². The smallest absolute Gasteiger partial charge is 0.255 e. The normalized spacial score (nSPS) is 10.5. The van der Waals surface area contributed by atoms with E-state index >= 15 is 0 Å². The molecule has 3 aromatic rings. The Balaban J connectivity index is 1.71. The third-order valence-corrected chi connectivity index (χ3v) is 3.60. The number of methoxy groups -OCH3 is 1. The lowest BCUT2D eigenvalue weighted by Gasteiger charge is -2.09. The van der Waals surface area contributed by atoms with E-state index in [1.54, 1.807) is 24.7 Å². The molecule has 0 aliphatic heterocycles. The van der Waals surface area contributed by atoms with Gasteiger partial charge in [0.1, 0.15) is 0 Å². The Morgan fingerprint density at radius 1 is 1.20 bits per heavy atom. The van der Waals surface area contributed by atoms with E-state index in [4.69, 9.17) is 0 Å². The first-order chi connectivity index (χ1) is 12.1. The predicted octanol–water partition coefficient (Wildman–Crippen LogP) is 3.47.